The molecule has 1 aliphatic rings. The summed E-state index contributed by atoms with van der Waals surface area (Å²) in [4.78, 5) is 16.0. The van der Waals surface area contributed by atoms with Gasteiger partial charge in [0.05, 0.1) is 0 Å². The maximum absolute atomic E-state index is 13.1. The van der Waals surface area contributed by atoms with Crippen molar-refractivity contribution in [2.24, 2.45) is 7.05 Å². The molecule has 1 atom stereocenters. The summed E-state index contributed by atoms with van der Waals surface area (Å²) >= 11 is 0. The fourth-order valence-electron chi connectivity index (χ4n) is 3.41. The predicted octanol–water partition coefficient (Wildman–Crippen LogP) is 3.34. The van der Waals surface area contributed by atoms with Crippen molar-refractivity contribution in [2.75, 3.05) is 0 Å². The fraction of sp³-hybridized carbons (Fsp3) is 0.190. The minimum Gasteiger partial charge on any atom is -0.507 e. The van der Waals surface area contributed by atoms with Crippen LogP contribution in [0.2, 0.25) is 0 Å². The molecule has 1 aromatic heterocycles. The molecule has 7 heteroatoms. The number of aldehydes is 1. The van der Waals surface area contributed by atoms with E-state index in [4.69, 9.17) is 4.74 Å². The third-order valence-electron chi connectivity index (χ3n) is 4.85. The van der Waals surface area contributed by atoms with E-state index >= 15 is 0 Å². The van der Waals surface area contributed by atoms with Gasteiger partial charge in [-0.3, -0.25) is 0 Å². The number of aromatic nitrogens is 3. The topological polar surface area (TPSA) is 77.2 Å². The Balaban J connectivity index is 1.68. The van der Waals surface area contributed by atoms with Crippen LogP contribution >= 0.6 is 0 Å². The maximum Gasteiger partial charge on any atom is 0.210 e. The van der Waals surface area contributed by atoms with Crippen molar-refractivity contribution in [2.45, 2.75) is 18.8 Å². The molecule has 28 heavy (non-hydrogen) atoms. The quantitative estimate of drug-likeness (QED) is 0.688. The van der Waals surface area contributed by atoms with Gasteiger partial charge in [0.2, 0.25) is 5.76 Å². The summed E-state index contributed by atoms with van der Waals surface area (Å²) in [5, 5.41) is 14.7. The molecule has 0 saturated carbocycles. The highest BCUT2D eigenvalue weighted by Crippen LogP contribution is 2.41. The van der Waals surface area contributed by atoms with Gasteiger partial charge in [-0.2, -0.15) is 5.10 Å². The van der Waals surface area contributed by atoms with E-state index in [9.17, 15) is 14.3 Å². The summed E-state index contributed by atoms with van der Waals surface area (Å²) < 4.78 is 20.5. The summed E-state index contributed by atoms with van der Waals surface area (Å²) in [6.07, 6.45) is 3.34. The zero-order valence-electron chi connectivity index (χ0n) is 15.2. The summed E-state index contributed by atoms with van der Waals surface area (Å²) in [6, 6.07) is 11.8. The Morgan fingerprint density at radius 1 is 1.21 bits per heavy atom. The van der Waals surface area contributed by atoms with Crippen molar-refractivity contribution in [3.63, 3.8) is 0 Å². The molecular formula is C21H18FN3O3. The van der Waals surface area contributed by atoms with Gasteiger partial charge in [0.25, 0.3) is 0 Å². The summed E-state index contributed by atoms with van der Waals surface area (Å²) in [6.45, 7) is 0. The zero-order valence-corrected chi connectivity index (χ0v) is 15.2. The van der Waals surface area contributed by atoms with Crippen LogP contribution in [-0.4, -0.2) is 26.2 Å². The highest BCUT2D eigenvalue weighted by molar-refractivity contribution is 5.78. The number of aliphatic hydroxyl groups excluding tert-OH is 1. The molecule has 6 nitrogen and oxygen atoms in total. The number of aliphatic hydroxyl groups is 1. The Morgan fingerprint density at radius 2 is 2.00 bits per heavy atom. The van der Waals surface area contributed by atoms with E-state index in [1.54, 1.807) is 25.2 Å². The average molecular weight is 379 g/mol. The molecule has 3 aromatic rings. The first-order valence-electron chi connectivity index (χ1n) is 8.85. The van der Waals surface area contributed by atoms with E-state index < -0.39 is 5.92 Å². The molecule has 1 aliphatic heterocycles. The van der Waals surface area contributed by atoms with Crippen LogP contribution in [0.4, 0.5) is 4.39 Å². The summed E-state index contributed by atoms with van der Waals surface area (Å²) in [7, 11) is 1.68. The number of nitrogens with zero attached hydrogens (tertiary/aromatic N) is 3. The first-order chi connectivity index (χ1) is 13.6. The highest BCUT2D eigenvalue weighted by atomic mass is 19.1. The monoisotopic (exact) mass is 379 g/mol. The fourth-order valence-corrected chi connectivity index (χ4v) is 3.41. The number of ether oxygens (including phenoxy) is 1. The van der Waals surface area contributed by atoms with Crippen molar-refractivity contribution in [3.05, 3.63) is 82.9 Å². The lowest BCUT2D eigenvalue weighted by Gasteiger charge is -2.26. The second kappa shape index (κ2) is 7.26. The third-order valence-corrected chi connectivity index (χ3v) is 4.85. The van der Waals surface area contributed by atoms with Gasteiger partial charge >= 0.3 is 0 Å². The predicted molar refractivity (Wildman–Crippen MR) is 100 cm³/mol. The Hall–Kier alpha value is -3.48. The first kappa shape index (κ1) is 17.9. The highest BCUT2D eigenvalue weighted by Gasteiger charge is 2.33. The molecule has 0 spiro atoms. The Morgan fingerprint density at radius 3 is 2.68 bits per heavy atom. The molecule has 1 unspecified atom stereocenters. The Kier molecular flexibility index (Phi) is 4.65. The van der Waals surface area contributed by atoms with Crippen molar-refractivity contribution in [1.29, 1.82) is 0 Å². The third kappa shape index (κ3) is 3.15. The van der Waals surface area contributed by atoms with Crippen LogP contribution in [0.15, 0.2) is 54.6 Å². The van der Waals surface area contributed by atoms with E-state index in [0.717, 1.165) is 11.1 Å². The lowest BCUT2D eigenvalue weighted by Crippen LogP contribution is -2.20. The van der Waals surface area contributed by atoms with Crippen LogP contribution in [-0.2, 0) is 24.7 Å². The minimum atomic E-state index is -0.847. The molecule has 142 valence electrons. The number of allylic oxidation sites excluding steroid dienone is 1. The van der Waals surface area contributed by atoms with Crippen molar-refractivity contribution < 1.29 is 19.0 Å². The van der Waals surface area contributed by atoms with Crippen molar-refractivity contribution in [3.8, 4) is 5.75 Å². The molecule has 2 aromatic carbocycles. The van der Waals surface area contributed by atoms with Gasteiger partial charge in [-0.25, -0.2) is 14.1 Å². The van der Waals surface area contributed by atoms with Gasteiger partial charge in [-0.15, -0.1) is 0 Å². The second-order valence-electron chi connectivity index (χ2n) is 6.59. The lowest BCUT2D eigenvalue weighted by molar-refractivity contribution is -0.109. The van der Waals surface area contributed by atoms with Crippen LogP contribution in [0.1, 0.15) is 28.4 Å². The maximum atomic E-state index is 13.1. The zero-order chi connectivity index (χ0) is 19.7. The van der Waals surface area contributed by atoms with Crippen LogP contribution in [0.3, 0.4) is 0 Å². The summed E-state index contributed by atoms with van der Waals surface area (Å²) in [5.41, 5.74) is 2.52. The van der Waals surface area contributed by atoms with Gasteiger partial charge in [0.1, 0.15) is 30.1 Å². The van der Waals surface area contributed by atoms with Gasteiger partial charge in [-0.1, -0.05) is 24.3 Å². The average Bonchev–Trinajstić information content (AvgIpc) is 3.13. The van der Waals surface area contributed by atoms with E-state index in [2.05, 4.69) is 10.1 Å². The minimum absolute atomic E-state index is 0.125. The van der Waals surface area contributed by atoms with Gasteiger partial charge in [0, 0.05) is 12.6 Å². The van der Waals surface area contributed by atoms with Gasteiger partial charge < -0.3 is 14.6 Å². The SMILES string of the molecule is Cn1ncnc1C1=C(O)C(C=O)c2c(CCc3ccc(F)cc3)cccc2O1. The molecule has 4 rings (SSSR count). The van der Waals surface area contributed by atoms with Crippen LogP contribution < -0.4 is 4.74 Å². The largest absolute Gasteiger partial charge is 0.507 e. The van der Waals surface area contributed by atoms with Gasteiger partial charge in [0.15, 0.2) is 11.6 Å². The van der Waals surface area contributed by atoms with Crippen molar-refractivity contribution >= 4 is 12.0 Å². The van der Waals surface area contributed by atoms with Crippen LogP contribution in [0, 0.1) is 5.82 Å². The normalized spacial score (nSPS) is 15.9. The molecule has 1 N–H and O–H groups in total. The number of carbonyl (C=O) groups excluding carboxylic acids is 1. The number of fused-ring (bicyclic) bond motifs is 1. The van der Waals surface area contributed by atoms with E-state index in [-0.39, 0.29) is 17.3 Å². The van der Waals surface area contributed by atoms with E-state index in [0.29, 0.717) is 36.3 Å². The number of hydrogen-bond donors (Lipinski definition) is 1. The standard InChI is InChI=1S/C21H18FN3O3/c1-25-21(23-12-24-25)20-19(27)16(11-26)18-14(3-2-4-17(18)28-20)8-5-13-6-9-15(22)10-7-13/h2-4,6-7,9-12,16,27H,5,8H2,1H3. The molecule has 0 amide bonds. The Bertz CT molecular complexity index is 1060. The number of benzene rings is 2. The molecule has 0 radical (unpaired) electrons. The molecule has 0 fully saturated rings. The number of rotatable bonds is 5. The van der Waals surface area contributed by atoms with E-state index in [1.165, 1.54) is 23.1 Å². The first-order valence-corrected chi connectivity index (χ1v) is 8.85. The number of halogens is 1. The van der Waals surface area contributed by atoms with Crippen molar-refractivity contribution in [1.82, 2.24) is 14.8 Å². The lowest BCUT2D eigenvalue weighted by atomic mass is 9.88. The van der Waals surface area contributed by atoms with E-state index in [1.807, 2.05) is 12.1 Å². The number of carbonyl (C=O) groups is 1. The molecular weight excluding hydrogens is 361 g/mol. The molecule has 2 heterocycles. The number of aryl methyl sites for hydroxylation is 3. The molecule has 0 bridgehead atoms. The Labute approximate surface area is 160 Å². The molecule has 0 saturated heterocycles. The smallest absolute Gasteiger partial charge is 0.210 e. The number of hydrogen-bond acceptors (Lipinski definition) is 5. The second-order valence-corrected chi connectivity index (χ2v) is 6.59. The summed E-state index contributed by atoms with van der Waals surface area (Å²) in [5.74, 6) is -0.342. The van der Waals surface area contributed by atoms with Crippen LogP contribution in [0.25, 0.3) is 5.76 Å². The molecule has 0 aliphatic carbocycles. The van der Waals surface area contributed by atoms with Crippen LogP contribution in [0.5, 0.6) is 5.75 Å². The van der Waals surface area contributed by atoms with Gasteiger partial charge in [-0.05, 0) is 42.2 Å².